The molecule has 0 aliphatic carbocycles. The second-order valence-corrected chi connectivity index (χ2v) is 7.20. The Bertz CT molecular complexity index is 1130. The number of para-hydroxylation sites is 3. The molecule has 0 unspecified atom stereocenters. The molecular weight excluding hydrogens is 398 g/mol. The first kappa shape index (κ1) is 19.7. The van der Waals surface area contributed by atoms with Crippen molar-refractivity contribution in [1.82, 2.24) is 19.7 Å². The summed E-state index contributed by atoms with van der Waals surface area (Å²) >= 11 is 1.31. The van der Waals surface area contributed by atoms with Gasteiger partial charge in [0, 0.05) is 23.6 Å². The highest BCUT2D eigenvalue weighted by molar-refractivity contribution is 7.99. The van der Waals surface area contributed by atoms with Crippen molar-refractivity contribution in [3.8, 4) is 22.8 Å². The molecule has 8 heteroatoms. The number of hydrogen-bond acceptors (Lipinski definition) is 6. The van der Waals surface area contributed by atoms with Gasteiger partial charge in [-0.05, 0) is 36.4 Å². The van der Waals surface area contributed by atoms with E-state index in [2.05, 4.69) is 20.5 Å². The number of ether oxygens (including phenoxy) is 1. The summed E-state index contributed by atoms with van der Waals surface area (Å²) in [6.45, 7) is 0. The topological polar surface area (TPSA) is 81.9 Å². The van der Waals surface area contributed by atoms with Crippen LogP contribution in [0.1, 0.15) is 0 Å². The molecule has 0 atom stereocenters. The molecular formula is C22H19N5O2S. The summed E-state index contributed by atoms with van der Waals surface area (Å²) < 4.78 is 7.21. The van der Waals surface area contributed by atoms with Crippen molar-refractivity contribution in [2.24, 2.45) is 0 Å². The molecule has 1 amide bonds. The molecule has 7 nitrogen and oxygen atoms in total. The first-order chi connectivity index (χ1) is 14.8. The molecule has 0 bridgehead atoms. The van der Waals surface area contributed by atoms with Crippen LogP contribution in [0.4, 0.5) is 5.69 Å². The molecule has 0 radical (unpaired) electrons. The van der Waals surface area contributed by atoms with Crippen LogP contribution in [-0.4, -0.2) is 38.5 Å². The number of pyridine rings is 1. The van der Waals surface area contributed by atoms with E-state index in [-0.39, 0.29) is 11.7 Å². The number of nitrogens with zero attached hydrogens (tertiary/aromatic N) is 4. The van der Waals surface area contributed by atoms with E-state index < -0.39 is 0 Å². The Hall–Kier alpha value is -3.65. The van der Waals surface area contributed by atoms with Gasteiger partial charge in [-0.3, -0.25) is 14.3 Å². The molecule has 2 aromatic carbocycles. The van der Waals surface area contributed by atoms with Crippen molar-refractivity contribution in [3.05, 3.63) is 79.1 Å². The zero-order chi connectivity index (χ0) is 20.8. The summed E-state index contributed by atoms with van der Waals surface area (Å²) in [5.74, 6) is 1.30. The van der Waals surface area contributed by atoms with E-state index in [1.54, 1.807) is 31.6 Å². The summed E-state index contributed by atoms with van der Waals surface area (Å²) in [4.78, 5) is 16.7. The lowest BCUT2D eigenvalue weighted by Gasteiger charge is -2.11. The highest BCUT2D eigenvalue weighted by atomic mass is 32.2. The molecule has 4 aromatic rings. The molecule has 0 fully saturated rings. The fraction of sp³-hybridized carbons (Fsp3) is 0.0909. The van der Waals surface area contributed by atoms with Crippen molar-refractivity contribution < 1.29 is 9.53 Å². The summed E-state index contributed by atoms with van der Waals surface area (Å²) in [5, 5.41) is 12.2. The van der Waals surface area contributed by atoms with Gasteiger partial charge < -0.3 is 10.1 Å². The smallest absolute Gasteiger partial charge is 0.234 e. The van der Waals surface area contributed by atoms with Gasteiger partial charge in [0.05, 0.1) is 18.6 Å². The lowest BCUT2D eigenvalue weighted by atomic mass is 10.2. The minimum absolute atomic E-state index is 0.157. The zero-order valence-corrected chi connectivity index (χ0v) is 17.0. The van der Waals surface area contributed by atoms with E-state index in [1.165, 1.54) is 11.8 Å². The maximum atomic E-state index is 12.5. The van der Waals surface area contributed by atoms with Gasteiger partial charge in [-0.25, -0.2) is 0 Å². The van der Waals surface area contributed by atoms with Crippen LogP contribution in [0.15, 0.2) is 84.3 Å². The van der Waals surface area contributed by atoms with E-state index in [9.17, 15) is 4.79 Å². The fourth-order valence-electron chi connectivity index (χ4n) is 2.92. The monoisotopic (exact) mass is 417 g/mol. The van der Waals surface area contributed by atoms with Crippen molar-refractivity contribution in [2.75, 3.05) is 18.2 Å². The molecule has 150 valence electrons. The van der Waals surface area contributed by atoms with Crippen LogP contribution in [0, 0.1) is 0 Å². The summed E-state index contributed by atoms with van der Waals surface area (Å²) in [6.07, 6.45) is 3.46. The first-order valence-electron chi connectivity index (χ1n) is 9.23. The number of hydrogen-bond donors (Lipinski definition) is 1. The number of aromatic nitrogens is 4. The second-order valence-electron chi connectivity index (χ2n) is 6.26. The maximum absolute atomic E-state index is 12.5. The third-order valence-corrected chi connectivity index (χ3v) is 5.21. The number of methoxy groups -OCH3 is 1. The number of carbonyl (C=O) groups is 1. The molecule has 4 rings (SSSR count). The Morgan fingerprint density at radius 1 is 1.03 bits per heavy atom. The highest BCUT2D eigenvalue weighted by Gasteiger charge is 2.17. The van der Waals surface area contributed by atoms with Crippen molar-refractivity contribution in [2.45, 2.75) is 5.16 Å². The van der Waals surface area contributed by atoms with E-state index in [0.717, 1.165) is 11.3 Å². The number of rotatable bonds is 7. The Morgan fingerprint density at radius 2 is 1.83 bits per heavy atom. The lowest BCUT2D eigenvalue weighted by Crippen LogP contribution is -2.15. The highest BCUT2D eigenvalue weighted by Crippen LogP contribution is 2.28. The van der Waals surface area contributed by atoms with E-state index in [4.69, 9.17) is 4.74 Å². The number of amides is 1. The van der Waals surface area contributed by atoms with E-state index in [0.29, 0.717) is 22.4 Å². The van der Waals surface area contributed by atoms with Crippen molar-refractivity contribution in [3.63, 3.8) is 0 Å². The largest absolute Gasteiger partial charge is 0.495 e. The number of nitrogens with one attached hydrogen (secondary N) is 1. The average Bonchev–Trinajstić information content (AvgIpc) is 3.23. The number of anilines is 1. The first-order valence-corrected chi connectivity index (χ1v) is 10.2. The van der Waals surface area contributed by atoms with Gasteiger partial charge in [0.25, 0.3) is 0 Å². The molecule has 30 heavy (non-hydrogen) atoms. The summed E-state index contributed by atoms with van der Waals surface area (Å²) in [6, 6.07) is 20.9. The van der Waals surface area contributed by atoms with Crippen LogP contribution in [0.3, 0.4) is 0 Å². The van der Waals surface area contributed by atoms with Crippen molar-refractivity contribution in [1.29, 1.82) is 0 Å². The molecule has 1 N–H and O–H groups in total. The molecule has 0 aliphatic heterocycles. The Labute approximate surface area is 178 Å². The third-order valence-electron chi connectivity index (χ3n) is 4.28. The quantitative estimate of drug-likeness (QED) is 0.457. The van der Waals surface area contributed by atoms with E-state index >= 15 is 0 Å². The van der Waals surface area contributed by atoms with Crippen LogP contribution in [0.2, 0.25) is 0 Å². The summed E-state index contributed by atoms with van der Waals surface area (Å²) in [5.41, 5.74) is 2.39. The number of benzene rings is 2. The molecule has 0 aliphatic rings. The molecule has 0 saturated heterocycles. The summed E-state index contributed by atoms with van der Waals surface area (Å²) in [7, 11) is 1.57. The standard InChI is InChI=1S/C22H19N5O2S/c1-29-19-12-6-5-11-18(19)24-20(28)15-30-22-26-25-21(16-8-7-13-23-14-16)27(22)17-9-3-2-4-10-17/h2-14H,15H2,1H3,(H,24,28). The Morgan fingerprint density at radius 3 is 2.60 bits per heavy atom. The number of carbonyl (C=O) groups excluding carboxylic acids is 1. The van der Waals surface area contributed by atoms with Gasteiger partial charge in [-0.1, -0.05) is 42.1 Å². The van der Waals surface area contributed by atoms with E-state index in [1.807, 2.05) is 59.2 Å². The van der Waals surface area contributed by atoms with Gasteiger partial charge in [-0.15, -0.1) is 10.2 Å². The third kappa shape index (κ3) is 4.33. The minimum atomic E-state index is -0.157. The average molecular weight is 417 g/mol. The predicted molar refractivity (Wildman–Crippen MR) is 117 cm³/mol. The van der Waals surface area contributed by atoms with Gasteiger partial charge in [0.15, 0.2) is 11.0 Å². The van der Waals surface area contributed by atoms with Crippen LogP contribution in [-0.2, 0) is 4.79 Å². The van der Waals surface area contributed by atoms with Crippen LogP contribution in [0.5, 0.6) is 5.75 Å². The number of thioether (sulfide) groups is 1. The van der Waals surface area contributed by atoms with Gasteiger partial charge in [0.1, 0.15) is 5.75 Å². The SMILES string of the molecule is COc1ccccc1NC(=O)CSc1nnc(-c2cccnc2)n1-c1ccccc1. The minimum Gasteiger partial charge on any atom is -0.495 e. The second kappa shape index (κ2) is 9.23. The lowest BCUT2D eigenvalue weighted by molar-refractivity contribution is -0.113. The Kier molecular flexibility index (Phi) is 6.05. The van der Waals surface area contributed by atoms with Crippen LogP contribution in [0.25, 0.3) is 17.1 Å². The zero-order valence-electron chi connectivity index (χ0n) is 16.2. The fourth-order valence-corrected chi connectivity index (χ4v) is 3.67. The molecule has 0 spiro atoms. The van der Waals surface area contributed by atoms with Gasteiger partial charge in [0.2, 0.25) is 5.91 Å². The van der Waals surface area contributed by atoms with Gasteiger partial charge in [-0.2, -0.15) is 0 Å². The molecule has 2 heterocycles. The van der Waals surface area contributed by atoms with Gasteiger partial charge >= 0.3 is 0 Å². The van der Waals surface area contributed by atoms with Crippen LogP contribution >= 0.6 is 11.8 Å². The van der Waals surface area contributed by atoms with Crippen LogP contribution < -0.4 is 10.1 Å². The van der Waals surface area contributed by atoms with Crippen molar-refractivity contribution >= 4 is 23.4 Å². The molecule has 0 saturated carbocycles. The molecule has 2 aromatic heterocycles. The normalized spacial score (nSPS) is 10.6. The Balaban J connectivity index is 1.57. The maximum Gasteiger partial charge on any atom is 0.234 e. The predicted octanol–water partition coefficient (Wildman–Crippen LogP) is 4.07.